The number of hydrogen-bond acceptors (Lipinski definition) is 3. The predicted molar refractivity (Wildman–Crippen MR) is 61.8 cm³/mol. The lowest BCUT2D eigenvalue weighted by Gasteiger charge is -2.13. The topological polar surface area (TPSA) is 87.4 Å². The Kier molecular flexibility index (Phi) is 5.47. The fourth-order valence-corrected chi connectivity index (χ4v) is 1.39. The first-order chi connectivity index (χ1) is 8.50. The number of urea groups is 1. The number of benzene rings is 1. The van der Waals surface area contributed by atoms with Crippen molar-refractivity contribution in [3.05, 3.63) is 35.4 Å². The summed E-state index contributed by atoms with van der Waals surface area (Å²) in [5.41, 5.74) is 4.87. The van der Waals surface area contributed by atoms with Gasteiger partial charge in [0.2, 0.25) is 0 Å². The second-order valence-electron chi connectivity index (χ2n) is 3.68. The second kappa shape index (κ2) is 6.87. The lowest BCUT2D eigenvalue weighted by Crippen LogP contribution is -2.36. The molecule has 0 aliphatic rings. The van der Waals surface area contributed by atoms with Crippen LogP contribution in [0.5, 0.6) is 0 Å². The molecule has 0 saturated carbocycles. The van der Waals surface area contributed by atoms with Gasteiger partial charge in [-0.15, -0.1) is 0 Å². The van der Waals surface area contributed by atoms with Crippen LogP contribution in [0, 0.1) is 11.6 Å². The number of carbonyl (C=O) groups excluding carboxylic acids is 1. The molecule has 0 fully saturated rings. The number of nitrogens with two attached hydrogens (primary N) is 1. The van der Waals surface area contributed by atoms with E-state index in [9.17, 15) is 18.7 Å². The Balaban J connectivity index is 2.36. The molecule has 0 saturated heterocycles. The number of nitrogens with one attached hydrogen (secondary N) is 2. The normalized spacial score (nSPS) is 12.2. The van der Waals surface area contributed by atoms with Crippen LogP contribution in [0.4, 0.5) is 13.6 Å². The summed E-state index contributed by atoms with van der Waals surface area (Å²) in [7, 11) is 0. The molecule has 5 nitrogen and oxygen atoms in total. The average molecular weight is 259 g/mol. The maximum Gasteiger partial charge on any atom is 0.312 e. The Labute approximate surface area is 103 Å². The van der Waals surface area contributed by atoms with Crippen molar-refractivity contribution in [1.29, 1.82) is 0 Å². The Bertz CT molecular complexity index is 415. The van der Waals surface area contributed by atoms with Crippen molar-refractivity contribution >= 4 is 6.03 Å². The molecule has 18 heavy (non-hydrogen) atoms. The molecule has 100 valence electrons. The zero-order valence-electron chi connectivity index (χ0n) is 9.62. The molecule has 7 heteroatoms. The zero-order chi connectivity index (χ0) is 13.5. The van der Waals surface area contributed by atoms with Gasteiger partial charge in [0, 0.05) is 31.3 Å². The Morgan fingerprint density at radius 2 is 2.11 bits per heavy atom. The maximum absolute atomic E-state index is 13.3. The van der Waals surface area contributed by atoms with Crippen molar-refractivity contribution in [2.75, 3.05) is 19.6 Å². The molecule has 1 unspecified atom stereocenters. The molecule has 0 radical (unpaired) electrons. The van der Waals surface area contributed by atoms with Crippen LogP contribution in [0.15, 0.2) is 18.2 Å². The zero-order valence-corrected chi connectivity index (χ0v) is 9.62. The minimum absolute atomic E-state index is 0.0201. The summed E-state index contributed by atoms with van der Waals surface area (Å²) in [5.74, 6) is -1.48. The van der Waals surface area contributed by atoms with Gasteiger partial charge in [0.15, 0.2) is 0 Å². The van der Waals surface area contributed by atoms with Gasteiger partial charge in [-0.25, -0.2) is 13.6 Å². The number of halogens is 2. The molecule has 1 atom stereocenters. The lowest BCUT2D eigenvalue weighted by molar-refractivity contribution is 0.170. The third kappa shape index (κ3) is 4.64. The highest BCUT2D eigenvalue weighted by molar-refractivity contribution is 5.71. The molecule has 2 amide bonds. The smallest absolute Gasteiger partial charge is 0.312 e. The second-order valence-corrected chi connectivity index (χ2v) is 3.68. The van der Waals surface area contributed by atoms with Crippen molar-refractivity contribution in [2.24, 2.45) is 5.73 Å². The number of aliphatic hydroxyl groups excluding tert-OH is 1. The third-order valence-electron chi connectivity index (χ3n) is 2.26. The largest absolute Gasteiger partial charge is 0.387 e. The molecule has 1 rings (SSSR count). The number of carbonyl (C=O) groups is 1. The van der Waals surface area contributed by atoms with Gasteiger partial charge in [-0.05, 0) is 6.07 Å². The molecular weight excluding hydrogens is 244 g/mol. The van der Waals surface area contributed by atoms with Crippen LogP contribution in [0.1, 0.15) is 11.7 Å². The summed E-state index contributed by atoms with van der Waals surface area (Å²) in [6, 6.07) is 2.35. The summed E-state index contributed by atoms with van der Waals surface area (Å²) in [4.78, 5) is 10.3. The molecule has 0 bridgehead atoms. The predicted octanol–water partition coefficient (Wildman–Crippen LogP) is 0.256. The van der Waals surface area contributed by atoms with E-state index in [-0.39, 0.29) is 12.1 Å². The van der Waals surface area contributed by atoms with Crippen molar-refractivity contribution in [1.82, 2.24) is 10.6 Å². The fraction of sp³-hybridized carbons (Fsp3) is 0.364. The van der Waals surface area contributed by atoms with E-state index in [0.717, 1.165) is 6.07 Å². The van der Waals surface area contributed by atoms with E-state index in [1.165, 1.54) is 6.07 Å². The molecule has 1 aromatic rings. The van der Waals surface area contributed by atoms with Crippen LogP contribution in [0.25, 0.3) is 0 Å². The van der Waals surface area contributed by atoms with Crippen molar-refractivity contribution in [3.63, 3.8) is 0 Å². The molecule has 0 aromatic heterocycles. The Hall–Kier alpha value is -1.73. The van der Waals surface area contributed by atoms with Crippen LogP contribution in [0.3, 0.4) is 0 Å². The van der Waals surface area contributed by atoms with Gasteiger partial charge in [-0.1, -0.05) is 6.07 Å². The quantitative estimate of drug-likeness (QED) is 0.552. The van der Waals surface area contributed by atoms with Gasteiger partial charge < -0.3 is 21.5 Å². The summed E-state index contributed by atoms with van der Waals surface area (Å²) in [5, 5.41) is 14.8. The van der Waals surface area contributed by atoms with Crippen molar-refractivity contribution in [2.45, 2.75) is 6.10 Å². The third-order valence-corrected chi connectivity index (χ3v) is 2.26. The molecule has 0 heterocycles. The molecule has 0 aliphatic carbocycles. The van der Waals surface area contributed by atoms with E-state index in [1.807, 2.05) is 0 Å². The summed E-state index contributed by atoms with van der Waals surface area (Å²) >= 11 is 0. The monoisotopic (exact) mass is 259 g/mol. The molecule has 0 spiro atoms. The fourth-order valence-electron chi connectivity index (χ4n) is 1.39. The molecular formula is C11H15F2N3O2. The van der Waals surface area contributed by atoms with Crippen LogP contribution in [-0.4, -0.2) is 30.8 Å². The summed E-state index contributed by atoms with van der Waals surface area (Å²) in [6.07, 6.45) is -1.08. The van der Waals surface area contributed by atoms with Gasteiger partial charge in [0.25, 0.3) is 0 Å². The highest BCUT2D eigenvalue weighted by Crippen LogP contribution is 2.17. The van der Waals surface area contributed by atoms with Gasteiger partial charge >= 0.3 is 6.03 Å². The van der Waals surface area contributed by atoms with Gasteiger partial charge in [0.1, 0.15) is 11.6 Å². The van der Waals surface area contributed by atoms with Gasteiger partial charge in [-0.3, -0.25) is 0 Å². The van der Waals surface area contributed by atoms with Crippen LogP contribution in [-0.2, 0) is 0 Å². The van der Waals surface area contributed by atoms with Gasteiger partial charge in [0.05, 0.1) is 6.10 Å². The van der Waals surface area contributed by atoms with E-state index in [4.69, 9.17) is 5.73 Å². The summed E-state index contributed by atoms with van der Waals surface area (Å²) < 4.78 is 25.9. The van der Waals surface area contributed by atoms with E-state index < -0.39 is 23.8 Å². The van der Waals surface area contributed by atoms with Crippen LogP contribution >= 0.6 is 0 Å². The average Bonchev–Trinajstić information content (AvgIpc) is 2.27. The highest BCUT2D eigenvalue weighted by Gasteiger charge is 2.12. The summed E-state index contributed by atoms with van der Waals surface area (Å²) in [6.45, 7) is 0.764. The van der Waals surface area contributed by atoms with Crippen LogP contribution in [0.2, 0.25) is 0 Å². The molecule has 1 aromatic carbocycles. The van der Waals surface area contributed by atoms with Crippen LogP contribution < -0.4 is 16.4 Å². The van der Waals surface area contributed by atoms with E-state index in [1.54, 1.807) is 0 Å². The number of amides is 2. The number of primary amides is 1. The highest BCUT2D eigenvalue weighted by atomic mass is 19.1. The lowest BCUT2D eigenvalue weighted by atomic mass is 10.1. The molecule has 0 aliphatic heterocycles. The first-order valence-electron chi connectivity index (χ1n) is 5.37. The Morgan fingerprint density at radius 3 is 2.72 bits per heavy atom. The first-order valence-corrected chi connectivity index (χ1v) is 5.37. The van der Waals surface area contributed by atoms with E-state index >= 15 is 0 Å². The Morgan fingerprint density at radius 1 is 1.39 bits per heavy atom. The number of rotatable bonds is 6. The van der Waals surface area contributed by atoms with E-state index in [0.29, 0.717) is 19.2 Å². The van der Waals surface area contributed by atoms with Crippen molar-refractivity contribution < 1.29 is 18.7 Å². The standard InChI is InChI=1S/C11H15F2N3O2/c12-7-1-2-8(9(13)5-7)10(17)6-15-3-4-16-11(14)18/h1-2,5,10,15,17H,3-4,6H2,(H3,14,16,18). The van der Waals surface area contributed by atoms with Crippen molar-refractivity contribution in [3.8, 4) is 0 Å². The SMILES string of the molecule is NC(=O)NCCNCC(O)c1ccc(F)cc1F. The number of aliphatic hydroxyl groups is 1. The number of hydrogen-bond donors (Lipinski definition) is 4. The minimum atomic E-state index is -1.08. The van der Waals surface area contributed by atoms with Gasteiger partial charge in [-0.2, -0.15) is 0 Å². The van der Waals surface area contributed by atoms with E-state index in [2.05, 4.69) is 10.6 Å². The first kappa shape index (κ1) is 14.3. The minimum Gasteiger partial charge on any atom is -0.387 e. The molecule has 5 N–H and O–H groups in total. The maximum atomic E-state index is 13.3.